The first-order valence-corrected chi connectivity index (χ1v) is 13.7. The molecule has 0 bridgehead atoms. The van der Waals surface area contributed by atoms with Gasteiger partial charge in [-0.1, -0.05) is 24.3 Å². The lowest BCUT2D eigenvalue weighted by Crippen LogP contribution is -2.53. The number of fused-ring (bicyclic) bond motifs is 1. The molecule has 0 radical (unpaired) electrons. The number of halogens is 1. The van der Waals surface area contributed by atoms with Crippen LogP contribution in [0, 0.1) is 5.92 Å². The molecule has 0 unspecified atom stereocenters. The van der Waals surface area contributed by atoms with Gasteiger partial charge in [-0.25, -0.2) is 4.98 Å². The SMILES string of the molecule is N[C@H](C(=O)N1CCSC1)C1CCC(N2CCN(c3ncc(Br)c4ccccc34)CC2)CC1. The summed E-state index contributed by atoms with van der Waals surface area (Å²) >= 11 is 5.46. The normalized spacial score (nSPS) is 25.9. The quantitative estimate of drug-likeness (QED) is 0.668. The van der Waals surface area contributed by atoms with Gasteiger partial charge < -0.3 is 15.5 Å². The Morgan fingerprint density at radius 1 is 1.06 bits per heavy atom. The summed E-state index contributed by atoms with van der Waals surface area (Å²) in [5.41, 5.74) is 6.40. The van der Waals surface area contributed by atoms with Gasteiger partial charge in [-0.2, -0.15) is 0 Å². The minimum Gasteiger partial charge on any atom is -0.354 e. The van der Waals surface area contributed by atoms with Crippen molar-refractivity contribution in [2.24, 2.45) is 11.7 Å². The Hall–Kier alpha value is -1.35. The first-order chi connectivity index (χ1) is 15.6. The number of amides is 1. The molecule has 1 amide bonds. The highest BCUT2D eigenvalue weighted by molar-refractivity contribution is 9.10. The molecule has 1 atom stereocenters. The number of benzene rings is 1. The molecule has 0 spiro atoms. The zero-order valence-electron chi connectivity index (χ0n) is 18.5. The fourth-order valence-electron chi connectivity index (χ4n) is 5.52. The number of nitrogens with zero attached hydrogens (tertiary/aromatic N) is 4. The number of piperazine rings is 1. The van der Waals surface area contributed by atoms with Gasteiger partial charge in [0.25, 0.3) is 0 Å². The number of rotatable bonds is 4. The van der Waals surface area contributed by atoms with E-state index in [1.807, 2.05) is 22.9 Å². The first-order valence-electron chi connectivity index (χ1n) is 11.8. The molecule has 5 rings (SSSR count). The molecule has 1 saturated carbocycles. The number of aromatic nitrogens is 1. The van der Waals surface area contributed by atoms with Gasteiger partial charge in [-0.15, -0.1) is 11.8 Å². The van der Waals surface area contributed by atoms with Crippen molar-refractivity contribution in [2.45, 2.75) is 37.8 Å². The van der Waals surface area contributed by atoms with Gasteiger partial charge in [0.2, 0.25) is 5.91 Å². The number of hydrogen-bond donors (Lipinski definition) is 1. The molecule has 1 aliphatic carbocycles. The Morgan fingerprint density at radius 3 is 2.47 bits per heavy atom. The van der Waals surface area contributed by atoms with Gasteiger partial charge in [0.1, 0.15) is 5.82 Å². The Labute approximate surface area is 203 Å². The van der Waals surface area contributed by atoms with E-state index in [1.54, 1.807) is 0 Å². The van der Waals surface area contributed by atoms with Crippen molar-refractivity contribution in [3.05, 3.63) is 34.9 Å². The van der Waals surface area contributed by atoms with Crippen LogP contribution in [0.4, 0.5) is 5.82 Å². The van der Waals surface area contributed by atoms with E-state index in [-0.39, 0.29) is 11.9 Å². The van der Waals surface area contributed by atoms with Crippen LogP contribution >= 0.6 is 27.7 Å². The van der Waals surface area contributed by atoms with Crippen molar-refractivity contribution in [2.75, 3.05) is 49.3 Å². The van der Waals surface area contributed by atoms with Crippen LogP contribution in [0.1, 0.15) is 25.7 Å². The van der Waals surface area contributed by atoms with Gasteiger partial charge in [-0.05, 0) is 47.5 Å². The van der Waals surface area contributed by atoms with Crippen molar-refractivity contribution < 1.29 is 4.79 Å². The summed E-state index contributed by atoms with van der Waals surface area (Å²) in [5.74, 6) is 3.46. The number of carbonyl (C=O) groups excluding carboxylic acids is 1. The van der Waals surface area contributed by atoms with Crippen LogP contribution in [0.3, 0.4) is 0 Å². The summed E-state index contributed by atoms with van der Waals surface area (Å²) in [6, 6.07) is 8.79. The van der Waals surface area contributed by atoms with E-state index in [0.29, 0.717) is 12.0 Å². The third-order valence-electron chi connectivity index (χ3n) is 7.45. The number of anilines is 1. The van der Waals surface area contributed by atoms with E-state index in [9.17, 15) is 4.79 Å². The molecule has 172 valence electrons. The van der Waals surface area contributed by atoms with E-state index in [0.717, 1.165) is 80.3 Å². The van der Waals surface area contributed by atoms with Gasteiger partial charge in [0.15, 0.2) is 0 Å². The van der Waals surface area contributed by atoms with E-state index in [1.165, 1.54) is 10.8 Å². The van der Waals surface area contributed by atoms with Gasteiger partial charge in [0, 0.05) is 66.0 Å². The predicted molar refractivity (Wildman–Crippen MR) is 136 cm³/mol. The first kappa shape index (κ1) is 22.4. The molecule has 1 aromatic heterocycles. The smallest absolute Gasteiger partial charge is 0.240 e. The highest BCUT2D eigenvalue weighted by Gasteiger charge is 2.35. The van der Waals surface area contributed by atoms with E-state index >= 15 is 0 Å². The zero-order chi connectivity index (χ0) is 22.1. The second kappa shape index (κ2) is 9.87. The highest BCUT2D eigenvalue weighted by Crippen LogP contribution is 2.33. The average Bonchev–Trinajstić information content (AvgIpc) is 3.39. The Kier molecular flexibility index (Phi) is 6.92. The molecule has 2 N–H and O–H groups in total. The fourth-order valence-corrected chi connectivity index (χ4v) is 6.92. The minimum atomic E-state index is -0.316. The Morgan fingerprint density at radius 2 is 1.78 bits per heavy atom. The summed E-state index contributed by atoms with van der Waals surface area (Å²) in [7, 11) is 0. The summed E-state index contributed by atoms with van der Waals surface area (Å²) in [6.07, 6.45) is 6.37. The third kappa shape index (κ3) is 4.52. The number of thioether (sulfide) groups is 1. The van der Waals surface area contributed by atoms with E-state index < -0.39 is 0 Å². The summed E-state index contributed by atoms with van der Waals surface area (Å²) in [5, 5.41) is 2.43. The number of pyridine rings is 1. The van der Waals surface area contributed by atoms with E-state index in [4.69, 9.17) is 10.7 Å². The van der Waals surface area contributed by atoms with Crippen LogP contribution in [-0.2, 0) is 4.79 Å². The molecular weight excluding hydrogens is 486 g/mol. The van der Waals surface area contributed by atoms with Crippen LogP contribution in [0.15, 0.2) is 34.9 Å². The van der Waals surface area contributed by atoms with Crippen molar-refractivity contribution in [3.8, 4) is 0 Å². The molecule has 6 nitrogen and oxygen atoms in total. The minimum absolute atomic E-state index is 0.168. The molecule has 3 fully saturated rings. The molecule has 2 aromatic rings. The van der Waals surface area contributed by atoms with Crippen LogP contribution in [-0.4, -0.2) is 77.1 Å². The zero-order valence-corrected chi connectivity index (χ0v) is 20.9. The molecular formula is C24H32BrN5OS. The largest absolute Gasteiger partial charge is 0.354 e. The third-order valence-corrected chi connectivity index (χ3v) is 9.05. The summed E-state index contributed by atoms with van der Waals surface area (Å²) in [6.45, 7) is 5.00. The van der Waals surface area contributed by atoms with Gasteiger partial charge in [0.05, 0.1) is 11.9 Å². The molecule has 1 aromatic carbocycles. The molecule has 3 heterocycles. The van der Waals surface area contributed by atoms with Crippen LogP contribution in [0.25, 0.3) is 10.8 Å². The Balaban J connectivity index is 1.15. The lowest BCUT2D eigenvalue weighted by Gasteiger charge is -2.43. The molecule has 3 aliphatic rings. The molecule has 8 heteroatoms. The standard InChI is InChI=1S/C24H32BrN5OS/c25-21-15-27-23(20-4-2-1-3-19(20)21)29-11-9-28(10-12-29)18-7-5-17(6-8-18)22(26)24(31)30-13-14-32-16-30/h1-4,15,17-18,22H,5-14,16,26H2/t17?,18?,22-/m0/s1. The fraction of sp³-hybridized carbons (Fsp3) is 0.583. The van der Waals surface area contributed by atoms with Gasteiger partial charge >= 0.3 is 0 Å². The molecule has 2 saturated heterocycles. The lowest BCUT2D eigenvalue weighted by atomic mass is 9.80. The maximum Gasteiger partial charge on any atom is 0.240 e. The lowest BCUT2D eigenvalue weighted by molar-refractivity contribution is -0.132. The number of carbonyl (C=O) groups is 1. The highest BCUT2D eigenvalue weighted by atomic mass is 79.9. The van der Waals surface area contributed by atoms with Crippen LogP contribution in [0.5, 0.6) is 0 Å². The van der Waals surface area contributed by atoms with Crippen LogP contribution in [0.2, 0.25) is 0 Å². The second-order valence-corrected chi connectivity index (χ2v) is 11.2. The Bertz CT molecular complexity index is 953. The molecule has 2 aliphatic heterocycles. The van der Waals surface area contributed by atoms with Crippen molar-refractivity contribution in [1.82, 2.24) is 14.8 Å². The number of nitrogens with two attached hydrogens (primary N) is 1. The van der Waals surface area contributed by atoms with Crippen molar-refractivity contribution in [3.63, 3.8) is 0 Å². The van der Waals surface area contributed by atoms with E-state index in [2.05, 4.69) is 50.0 Å². The van der Waals surface area contributed by atoms with Crippen molar-refractivity contribution >= 4 is 50.2 Å². The summed E-state index contributed by atoms with van der Waals surface area (Å²) < 4.78 is 1.05. The van der Waals surface area contributed by atoms with Crippen molar-refractivity contribution in [1.29, 1.82) is 0 Å². The van der Waals surface area contributed by atoms with Gasteiger partial charge in [-0.3, -0.25) is 9.69 Å². The summed E-state index contributed by atoms with van der Waals surface area (Å²) in [4.78, 5) is 24.5. The topological polar surface area (TPSA) is 65.7 Å². The average molecular weight is 519 g/mol. The maximum atomic E-state index is 12.7. The second-order valence-electron chi connectivity index (χ2n) is 9.23. The monoisotopic (exact) mass is 517 g/mol. The predicted octanol–water partition coefficient (Wildman–Crippen LogP) is 3.54. The molecule has 32 heavy (non-hydrogen) atoms. The number of hydrogen-bond acceptors (Lipinski definition) is 6. The van der Waals surface area contributed by atoms with Crippen LogP contribution < -0.4 is 10.6 Å². The maximum absolute atomic E-state index is 12.7.